The summed E-state index contributed by atoms with van der Waals surface area (Å²) in [6, 6.07) is 8.82. The molecule has 0 amide bonds. The first kappa shape index (κ1) is 11.5. The average Bonchev–Trinajstić information content (AvgIpc) is 2.29. The Morgan fingerprint density at radius 1 is 1.40 bits per heavy atom. The highest BCUT2D eigenvalue weighted by Crippen LogP contribution is 2.07. The summed E-state index contributed by atoms with van der Waals surface area (Å²) in [5, 5.41) is 9.58. The molecule has 0 spiro atoms. The molecule has 2 heteroatoms. The Labute approximate surface area is 89.9 Å². The van der Waals surface area contributed by atoms with Crippen LogP contribution in [0.15, 0.2) is 30.3 Å². The third-order valence-corrected chi connectivity index (χ3v) is 2.08. The number of hydrogen-bond acceptors (Lipinski definition) is 2. The van der Waals surface area contributed by atoms with Crippen molar-refractivity contribution in [1.82, 2.24) is 0 Å². The van der Waals surface area contributed by atoms with Gasteiger partial charge in [0.2, 0.25) is 0 Å². The van der Waals surface area contributed by atoms with Crippen LogP contribution in [0.3, 0.4) is 0 Å². The minimum atomic E-state index is -0.937. The van der Waals surface area contributed by atoms with Crippen LogP contribution < -0.4 is 0 Å². The normalized spacial score (nSPS) is 11.3. The van der Waals surface area contributed by atoms with Crippen molar-refractivity contribution in [2.45, 2.75) is 25.9 Å². The van der Waals surface area contributed by atoms with E-state index in [1.807, 2.05) is 6.07 Å². The van der Waals surface area contributed by atoms with Crippen molar-refractivity contribution in [3.63, 3.8) is 0 Å². The van der Waals surface area contributed by atoms with Crippen LogP contribution in [0, 0.1) is 11.8 Å². The first-order chi connectivity index (χ1) is 7.25. The summed E-state index contributed by atoms with van der Waals surface area (Å²) in [6.45, 7) is 1.74. The number of carbonyl (C=O) groups excluding carboxylic acids is 1. The van der Waals surface area contributed by atoms with Gasteiger partial charge >= 0.3 is 0 Å². The highest BCUT2D eigenvalue weighted by Gasteiger charge is 2.15. The van der Waals surface area contributed by atoms with Crippen molar-refractivity contribution in [2.24, 2.45) is 0 Å². The lowest BCUT2D eigenvalue weighted by Gasteiger charge is -2.07. The molecule has 0 heterocycles. The molecule has 1 rings (SSSR count). The molecule has 0 saturated heterocycles. The molecule has 1 aromatic rings. The molecule has 15 heavy (non-hydrogen) atoms. The van der Waals surface area contributed by atoms with E-state index in [-0.39, 0.29) is 5.78 Å². The predicted molar refractivity (Wildman–Crippen MR) is 59.5 cm³/mol. The van der Waals surface area contributed by atoms with Crippen molar-refractivity contribution in [3.8, 4) is 11.8 Å². The van der Waals surface area contributed by atoms with Crippen LogP contribution in [0.2, 0.25) is 0 Å². The van der Waals surface area contributed by atoms with E-state index >= 15 is 0 Å². The maximum Gasteiger partial charge on any atom is 0.191 e. The van der Waals surface area contributed by atoms with Gasteiger partial charge in [0.15, 0.2) is 5.78 Å². The van der Waals surface area contributed by atoms with Crippen LogP contribution in [-0.4, -0.2) is 17.0 Å². The molecule has 0 aliphatic rings. The summed E-state index contributed by atoms with van der Waals surface area (Å²) in [4.78, 5) is 11.6. The number of aliphatic hydroxyl groups is 1. The smallest absolute Gasteiger partial charge is 0.191 e. The molecule has 0 aliphatic heterocycles. The molecule has 78 valence electrons. The quantitative estimate of drug-likeness (QED) is 0.599. The minimum Gasteiger partial charge on any atom is -0.385 e. The van der Waals surface area contributed by atoms with Gasteiger partial charge in [-0.25, -0.2) is 0 Å². The Bertz CT molecular complexity index is 371. The zero-order valence-electron chi connectivity index (χ0n) is 8.73. The van der Waals surface area contributed by atoms with Crippen LogP contribution in [0.1, 0.15) is 30.1 Å². The van der Waals surface area contributed by atoms with Gasteiger partial charge in [0.25, 0.3) is 0 Å². The molecule has 0 radical (unpaired) electrons. The fourth-order valence-electron chi connectivity index (χ4n) is 1.26. The van der Waals surface area contributed by atoms with Gasteiger partial charge in [-0.2, -0.15) is 0 Å². The zero-order chi connectivity index (χ0) is 11.1. The number of rotatable bonds is 4. The lowest BCUT2D eigenvalue weighted by Crippen LogP contribution is -2.19. The van der Waals surface area contributed by atoms with Gasteiger partial charge in [0, 0.05) is 12.0 Å². The Morgan fingerprint density at radius 2 is 2.07 bits per heavy atom. The Morgan fingerprint density at radius 3 is 2.67 bits per heavy atom. The van der Waals surface area contributed by atoms with Gasteiger partial charge in [-0.3, -0.25) is 4.79 Å². The Balaban J connectivity index is 2.56. The summed E-state index contributed by atoms with van der Waals surface area (Å²) in [7, 11) is 0. The number of carbonyl (C=O) groups is 1. The van der Waals surface area contributed by atoms with Crippen LogP contribution in [0.25, 0.3) is 0 Å². The van der Waals surface area contributed by atoms with E-state index in [4.69, 9.17) is 0 Å². The average molecular weight is 202 g/mol. The summed E-state index contributed by atoms with van der Waals surface area (Å²) in [6.07, 6.45) is 0.0124. The monoisotopic (exact) mass is 202 g/mol. The molecule has 0 fully saturated rings. The van der Waals surface area contributed by atoms with E-state index in [9.17, 15) is 9.90 Å². The van der Waals surface area contributed by atoms with Crippen LogP contribution in [0.5, 0.6) is 0 Å². The van der Waals surface area contributed by atoms with Gasteiger partial charge < -0.3 is 5.11 Å². The molecule has 2 nitrogen and oxygen atoms in total. The summed E-state index contributed by atoms with van der Waals surface area (Å²) < 4.78 is 0. The number of hydrogen-bond donors (Lipinski definition) is 1. The second-order valence-corrected chi connectivity index (χ2v) is 3.21. The molecule has 0 aliphatic carbocycles. The van der Waals surface area contributed by atoms with E-state index in [0.29, 0.717) is 18.4 Å². The molecule has 1 atom stereocenters. The van der Waals surface area contributed by atoms with Gasteiger partial charge in [-0.15, -0.1) is 11.8 Å². The Hall–Kier alpha value is -1.59. The molecular weight excluding hydrogens is 188 g/mol. The first-order valence-corrected chi connectivity index (χ1v) is 4.92. The standard InChI is InChI=1S/C13H14O2/c1-2-3-5-10-12(14)13(15)11-8-6-4-7-9-11/h4,6-9,12,14H,5,10H2,1H3. The highest BCUT2D eigenvalue weighted by atomic mass is 16.3. The van der Waals surface area contributed by atoms with Gasteiger partial charge in [0.1, 0.15) is 6.10 Å². The van der Waals surface area contributed by atoms with Crippen LogP contribution in [-0.2, 0) is 0 Å². The van der Waals surface area contributed by atoms with Gasteiger partial charge in [-0.05, 0) is 13.3 Å². The minimum absolute atomic E-state index is 0.228. The molecule has 1 unspecified atom stereocenters. The summed E-state index contributed by atoms with van der Waals surface area (Å²) >= 11 is 0. The van der Waals surface area contributed by atoms with E-state index in [0.717, 1.165) is 0 Å². The van der Waals surface area contributed by atoms with E-state index in [1.165, 1.54) is 0 Å². The SMILES string of the molecule is CC#CCCC(O)C(=O)c1ccccc1. The molecule has 1 N–H and O–H groups in total. The predicted octanol–water partition coefficient (Wildman–Crippen LogP) is 2.03. The van der Waals surface area contributed by atoms with Crippen molar-refractivity contribution in [3.05, 3.63) is 35.9 Å². The number of benzene rings is 1. The molecule has 1 aromatic carbocycles. The van der Waals surface area contributed by atoms with Crippen molar-refractivity contribution < 1.29 is 9.90 Å². The highest BCUT2D eigenvalue weighted by molar-refractivity contribution is 5.99. The van der Waals surface area contributed by atoms with Crippen molar-refractivity contribution in [1.29, 1.82) is 0 Å². The number of ketones is 1. The second-order valence-electron chi connectivity index (χ2n) is 3.21. The van der Waals surface area contributed by atoms with Gasteiger partial charge in [-0.1, -0.05) is 30.3 Å². The van der Waals surface area contributed by atoms with Crippen LogP contribution >= 0.6 is 0 Å². The number of aliphatic hydroxyl groups excluding tert-OH is 1. The fourth-order valence-corrected chi connectivity index (χ4v) is 1.26. The first-order valence-electron chi connectivity index (χ1n) is 4.92. The maximum absolute atomic E-state index is 11.6. The van der Waals surface area contributed by atoms with Gasteiger partial charge in [0.05, 0.1) is 0 Å². The largest absolute Gasteiger partial charge is 0.385 e. The van der Waals surface area contributed by atoms with Crippen molar-refractivity contribution in [2.75, 3.05) is 0 Å². The summed E-state index contributed by atoms with van der Waals surface area (Å²) in [5.41, 5.74) is 0.550. The fraction of sp³-hybridized carbons (Fsp3) is 0.308. The third kappa shape index (κ3) is 3.57. The molecular formula is C13H14O2. The molecule has 0 bridgehead atoms. The second kappa shape index (κ2) is 6.00. The lowest BCUT2D eigenvalue weighted by molar-refractivity contribution is 0.0734. The van der Waals surface area contributed by atoms with Crippen molar-refractivity contribution >= 4 is 5.78 Å². The number of Topliss-reactive ketones (excluding diaryl/α,β-unsaturated/α-hetero) is 1. The zero-order valence-corrected chi connectivity index (χ0v) is 8.73. The van der Waals surface area contributed by atoms with E-state index in [2.05, 4.69) is 11.8 Å². The molecule has 0 saturated carbocycles. The lowest BCUT2D eigenvalue weighted by atomic mass is 10.0. The van der Waals surface area contributed by atoms with E-state index < -0.39 is 6.10 Å². The molecule has 0 aromatic heterocycles. The maximum atomic E-state index is 11.6. The topological polar surface area (TPSA) is 37.3 Å². The van der Waals surface area contributed by atoms with Crippen LogP contribution in [0.4, 0.5) is 0 Å². The Kier molecular flexibility index (Phi) is 4.59. The third-order valence-electron chi connectivity index (χ3n) is 2.08. The summed E-state index contributed by atoms with van der Waals surface area (Å²) in [5.74, 6) is 5.32. The van der Waals surface area contributed by atoms with E-state index in [1.54, 1.807) is 31.2 Å².